The van der Waals surface area contributed by atoms with Gasteiger partial charge in [0.25, 0.3) is 0 Å². The number of aromatic hydroxyl groups is 1. The highest BCUT2D eigenvalue weighted by molar-refractivity contribution is 6.12. The number of hydrogen-bond donors (Lipinski definition) is 4. The van der Waals surface area contributed by atoms with Gasteiger partial charge in [0.2, 0.25) is 11.8 Å². The number of nitrogens with zero attached hydrogens (tertiary/aromatic N) is 2. The monoisotopic (exact) mass is 822 g/mol. The van der Waals surface area contributed by atoms with Gasteiger partial charge in [0.1, 0.15) is 23.3 Å². The molecule has 2 fully saturated rings. The number of rotatable bonds is 10. The lowest BCUT2D eigenvalue weighted by atomic mass is 9.65. The molecule has 310 valence electrons. The van der Waals surface area contributed by atoms with Crippen molar-refractivity contribution < 1.29 is 29.3 Å². The fraction of sp³-hybridized carbons (Fsp3) is 0.212. The number of aliphatic hydroxyl groups excluding tert-OH is 1. The van der Waals surface area contributed by atoms with Crippen LogP contribution in [-0.4, -0.2) is 64.0 Å². The molecule has 0 radical (unpaired) electrons. The van der Waals surface area contributed by atoms with Crippen LogP contribution in [0.15, 0.2) is 164 Å². The predicted octanol–water partition coefficient (Wildman–Crippen LogP) is 7.00. The summed E-state index contributed by atoms with van der Waals surface area (Å²) in [4.78, 5) is 49.8. The third-order valence-corrected chi connectivity index (χ3v) is 12.3. The zero-order chi connectivity index (χ0) is 42.8. The van der Waals surface area contributed by atoms with E-state index in [0.29, 0.717) is 41.0 Å². The smallest absolute Gasteiger partial charge is 0.324 e. The zero-order valence-electron chi connectivity index (χ0n) is 34.1. The van der Waals surface area contributed by atoms with Crippen LogP contribution in [0.5, 0.6) is 5.75 Å². The van der Waals surface area contributed by atoms with Gasteiger partial charge in [-0.3, -0.25) is 24.2 Å². The summed E-state index contributed by atoms with van der Waals surface area (Å²) in [7, 11) is 2.00. The van der Waals surface area contributed by atoms with E-state index in [1.165, 1.54) is 5.56 Å². The zero-order valence-corrected chi connectivity index (χ0v) is 34.1. The molecule has 4 N–H and O–H groups in total. The minimum absolute atomic E-state index is 0.0208. The molecular weight excluding hydrogens is 777 g/mol. The van der Waals surface area contributed by atoms with Gasteiger partial charge in [0.05, 0.1) is 30.7 Å². The number of carbonyl (C=O) groups is 3. The lowest BCUT2D eigenvalue weighted by molar-refractivity contribution is -0.178. The minimum Gasteiger partial charge on any atom is -0.508 e. The van der Waals surface area contributed by atoms with Gasteiger partial charge in [-0.2, -0.15) is 0 Å². The van der Waals surface area contributed by atoms with Crippen LogP contribution < -0.4 is 10.6 Å². The second-order valence-corrected chi connectivity index (χ2v) is 16.2. The van der Waals surface area contributed by atoms with Crippen molar-refractivity contribution in [2.24, 2.45) is 5.92 Å². The maximum absolute atomic E-state index is 15.4. The number of hydrogen-bond acceptors (Lipinski definition) is 8. The van der Waals surface area contributed by atoms with Crippen molar-refractivity contribution in [1.29, 1.82) is 0 Å². The van der Waals surface area contributed by atoms with E-state index in [9.17, 15) is 10.2 Å². The molecule has 3 aliphatic rings. The predicted molar refractivity (Wildman–Crippen MR) is 235 cm³/mol. The Hall–Kier alpha value is -7.03. The topological polar surface area (TPSA) is 131 Å². The molecule has 10 nitrogen and oxygen atoms in total. The summed E-state index contributed by atoms with van der Waals surface area (Å²) >= 11 is 0. The summed E-state index contributed by atoms with van der Waals surface area (Å²) < 4.78 is 6.49. The Labute approximate surface area is 360 Å². The van der Waals surface area contributed by atoms with Gasteiger partial charge in [-0.15, -0.1) is 0 Å². The first kappa shape index (κ1) is 40.4. The number of amides is 2. The minimum atomic E-state index is -1.74. The number of carbonyl (C=O) groups excluding carboxylic acids is 3. The quantitative estimate of drug-likeness (QED) is 0.0860. The lowest BCUT2D eigenvalue weighted by Gasteiger charge is -2.46. The number of phenols is 1. The molecule has 2 saturated heterocycles. The lowest BCUT2D eigenvalue weighted by Crippen LogP contribution is -2.55. The molecule has 0 aliphatic carbocycles. The van der Waals surface area contributed by atoms with Crippen molar-refractivity contribution in [3.05, 3.63) is 203 Å². The van der Waals surface area contributed by atoms with Crippen LogP contribution in [0.3, 0.4) is 0 Å². The summed E-state index contributed by atoms with van der Waals surface area (Å²) in [6, 6.07) is 47.5. The van der Waals surface area contributed by atoms with Crippen molar-refractivity contribution in [1.82, 2.24) is 15.1 Å². The summed E-state index contributed by atoms with van der Waals surface area (Å²) in [5.74, 6) is 3.54. The highest BCUT2D eigenvalue weighted by Gasteiger charge is 2.74. The van der Waals surface area contributed by atoms with Crippen LogP contribution in [0.25, 0.3) is 0 Å². The maximum atomic E-state index is 15.4. The standard InChI is InChI=1S/C52H46N4O6/c1-55(33-35-15-6-2-7-16-35)30-14-17-34-24-29-42-41(31-34)52(51(61)54-42)44(49(59)53-32-43(58)36-18-8-3-9-19-36)46-50(60)62-47(38-22-12-5-13-23-38)45(37-20-10-4-11-21-37)56(46)48(52)39-25-27-40(57)28-26-39/h2-13,15-16,18-29,31,43-48,57-58H,30,32-33H2,1H3,(H,53,59)(H,54,61). The molecule has 0 saturated carbocycles. The normalized spacial score (nSPS) is 23.1. The summed E-state index contributed by atoms with van der Waals surface area (Å²) in [5, 5.41) is 27.9. The number of morpholine rings is 1. The molecule has 6 aromatic rings. The average molecular weight is 823 g/mol. The summed E-state index contributed by atoms with van der Waals surface area (Å²) in [5.41, 5.74) is 3.84. The fourth-order valence-corrected chi connectivity index (χ4v) is 9.66. The maximum Gasteiger partial charge on any atom is 0.324 e. The van der Waals surface area contributed by atoms with Crippen molar-refractivity contribution in [3.8, 4) is 17.6 Å². The number of esters is 1. The molecule has 10 heteroatoms. The number of anilines is 1. The van der Waals surface area contributed by atoms with Gasteiger partial charge in [-0.05, 0) is 70.8 Å². The summed E-state index contributed by atoms with van der Waals surface area (Å²) in [6.07, 6.45) is -1.89. The van der Waals surface area contributed by atoms with Crippen LogP contribution in [-0.2, 0) is 31.1 Å². The van der Waals surface area contributed by atoms with E-state index in [1.807, 2.05) is 109 Å². The van der Waals surface area contributed by atoms with Gasteiger partial charge < -0.3 is 25.6 Å². The number of nitrogens with one attached hydrogen (secondary N) is 2. The molecule has 9 rings (SSSR count). The van der Waals surface area contributed by atoms with Crippen LogP contribution in [0.1, 0.15) is 63.2 Å². The molecule has 7 atom stereocenters. The molecule has 0 bridgehead atoms. The van der Waals surface area contributed by atoms with Crippen LogP contribution >= 0.6 is 0 Å². The average Bonchev–Trinajstić information content (AvgIpc) is 3.78. The molecular formula is C52H46N4O6. The molecule has 6 aromatic carbocycles. The van der Waals surface area contributed by atoms with E-state index >= 15 is 14.4 Å². The molecule has 0 aromatic heterocycles. The number of cyclic esters (lactones) is 1. The third kappa shape index (κ3) is 7.41. The Morgan fingerprint density at radius 3 is 2.11 bits per heavy atom. The van der Waals surface area contributed by atoms with Gasteiger partial charge in [0, 0.05) is 24.3 Å². The molecule has 7 unspecified atom stereocenters. The first-order valence-corrected chi connectivity index (χ1v) is 20.8. The molecule has 1 spiro atoms. The van der Waals surface area contributed by atoms with Crippen molar-refractivity contribution in [2.45, 2.75) is 42.3 Å². The number of benzene rings is 6. The van der Waals surface area contributed by atoms with E-state index in [0.717, 1.165) is 11.1 Å². The second kappa shape index (κ2) is 17.1. The molecule has 62 heavy (non-hydrogen) atoms. The second-order valence-electron chi connectivity index (χ2n) is 16.2. The van der Waals surface area contributed by atoms with E-state index in [2.05, 4.69) is 39.5 Å². The highest BCUT2D eigenvalue weighted by atomic mass is 16.6. The van der Waals surface area contributed by atoms with Crippen molar-refractivity contribution in [3.63, 3.8) is 0 Å². The molecule has 2 amide bonds. The van der Waals surface area contributed by atoms with Crippen LogP contribution in [0.2, 0.25) is 0 Å². The largest absolute Gasteiger partial charge is 0.508 e. The van der Waals surface area contributed by atoms with E-state index in [-0.39, 0.29) is 12.3 Å². The van der Waals surface area contributed by atoms with E-state index in [4.69, 9.17) is 4.74 Å². The number of ether oxygens (including phenoxy) is 1. The van der Waals surface area contributed by atoms with Crippen molar-refractivity contribution in [2.75, 3.05) is 25.5 Å². The van der Waals surface area contributed by atoms with Crippen molar-refractivity contribution >= 4 is 23.5 Å². The van der Waals surface area contributed by atoms with Crippen LogP contribution in [0.4, 0.5) is 5.69 Å². The first-order chi connectivity index (χ1) is 30.2. The van der Waals surface area contributed by atoms with E-state index in [1.54, 1.807) is 54.6 Å². The third-order valence-electron chi connectivity index (χ3n) is 12.3. The number of fused-ring (bicyclic) bond motifs is 3. The number of phenolic OH excluding ortho intramolecular Hbond substituents is 1. The fourth-order valence-electron chi connectivity index (χ4n) is 9.66. The van der Waals surface area contributed by atoms with Gasteiger partial charge in [-0.25, -0.2) is 0 Å². The Kier molecular flexibility index (Phi) is 11.2. The molecule has 3 heterocycles. The molecule has 3 aliphatic heterocycles. The van der Waals surface area contributed by atoms with E-state index < -0.39 is 59.5 Å². The Bertz CT molecular complexity index is 2630. The van der Waals surface area contributed by atoms with Gasteiger partial charge in [0.15, 0.2) is 0 Å². The SMILES string of the molecule is CN(CC#Cc1ccc2c(c1)C1(C(=O)N2)C(C(=O)NCC(O)c2ccccc2)C2C(=O)OC(c3ccccc3)C(c3ccccc3)N2C1c1ccc(O)cc1)Cc1ccccc1. The van der Waals surface area contributed by atoms with Gasteiger partial charge in [-0.1, -0.05) is 145 Å². The Morgan fingerprint density at radius 2 is 1.44 bits per heavy atom. The Morgan fingerprint density at radius 1 is 0.806 bits per heavy atom. The summed E-state index contributed by atoms with van der Waals surface area (Å²) in [6.45, 7) is 1.01. The van der Waals surface area contributed by atoms with Crippen LogP contribution in [0, 0.1) is 17.8 Å². The number of aliphatic hydroxyl groups is 1. The first-order valence-electron chi connectivity index (χ1n) is 20.8. The Balaban J connectivity index is 1.22. The highest BCUT2D eigenvalue weighted by Crippen LogP contribution is 2.64. The van der Waals surface area contributed by atoms with Gasteiger partial charge >= 0.3 is 5.97 Å².